The fraction of sp³-hybridized carbons (Fsp3) is 0.333. The van der Waals surface area contributed by atoms with Gasteiger partial charge in [-0.25, -0.2) is 4.79 Å². The minimum Gasteiger partial charge on any atom is -0.465 e. The Bertz CT molecular complexity index is 604. The Hall–Kier alpha value is -2.52. The van der Waals surface area contributed by atoms with Gasteiger partial charge in [-0.15, -0.1) is 0 Å². The summed E-state index contributed by atoms with van der Waals surface area (Å²) < 4.78 is 9.62. The van der Waals surface area contributed by atoms with Crippen LogP contribution in [-0.4, -0.2) is 43.2 Å². The number of rotatable bonds is 6. The zero-order chi connectivity index (χ0) is 17.9. The van der Waals surface area contributed by atoms with Crippen LogP contribution in [0.4, 0.5) is 0 Å². The summed E-state index contributed by atoms with van der Waals surface area (Å²) in [6.07, 6.45) is 0.173. The van der Waals surface area contributed by atoms with E-state index in [1.807, 2.05) is 6.92 Å². The summed E-state index contributed by atoms with van der Waals surface area (Å²) in [5.74, 6) is -1.29. The Morgan fingerprint density at radius 3 is 2.29 bits per heavy atom. The van der Waals surface area contributed by atoms with Gasteiger partial charge in [-0.1, -0.05) is 0 Å². The molecule has 2 amide bonds. The van der Waals surface area contributed by atoms with Crippen molar-refractivity contribution in [2.45, 2.75) is 13.3 Å². The molecule has 0 saturated carbocycles. The molecule has 9 heteroatoms. The van der Waals surface area contributed by atoms with Crippen molar-refractivity contribution in [3.63, 3.8) is 0 Å². The van der Waals surface area contributed by atoms with E-state index in [1.54, 1.807) is 0 Å². The first-order valence-corrected chi connectivity index (χ1v) is 7.55. The highest BCUT2D eigenvalue weighted by molar-refractivity contribution is 7.80. The molecule has 1 rings (SSSR count). The van der Waals surface area contributed by atoms with Crippen LogP contribution in [0.5, 0.6) is 0 Å². The quantitative estimate of drug-likeness (QED) is 0.297. The topological polar surface area (TPSA) is 106 Å². The van der Waals surface area contributed by atoms with Crippen molar-refractivity contribution < 1.29 is 23.9 Å². The van der Waals surface area contributed by atoms with Crippen LogP contribution in [0.3, 0.4) is 0 Å². The van der Waals surface area contributed by atoms with Crippen LogP contribution in [-0.2, 0) is 14.3 Å². The maximum Gasteiger partial charge on any atom is 0.337 e. The van der Waals surface area contributed by atoms with E-state index in [1.165, 1.54) is 31.4 Å². The van der Waals surface area contributed by atoms with E-state index in [0.29, 0.717) is 24.3 Å². The lowest BCUT2D eigenvalue weighted by Crippen LogP contribution is -2.48. The second-order valence-corrected chi connectivity index (χ2v) is 4.88. The lowest BCUT2D eigenvalue weighted by molar-refractivity contribution is -0.122. The molecule has 0 spiro atoms. The molecule has 0 aromatic heterocycles. The molecule has 0 bridgehead atoms. The number of methoxy groups -OCH3 is 1. The van der Waals surface area contributed by atoms with Crippen LogP contribution in [0.15, 0.2) is 24.3 Å². The minimum absolute atomic E-state index is 0.0539. The second kappa shape index (κ2) is 10.3. The van der Waals surface area contributed by atoms with Crippen molar-refractivity contribution in [3.05, 3.63) is 35.4 Å². The minimum atomic E-state index is -0.492. The van der Waals surface area contributed by atoms with Crippen LogP contribution in [0, 0.1) is 0 Å². The molecule has 0 aliphatic carbocycles. The third kappa shape index (κ3) is 6.71. The second-order valence-electron chi connectivity index (χ2n) is 4.47. The third-order valence-corrected chi connectivity index (χ3v) is 2.99. The smallest absolute Gasteiger partial charge is 0.337 e. The first kappa shape index (κ1) is 19.5. The van der Waals surface area contributed by atoms with Gasteiger partial charge >= 0.3 is 5.97 Å². The fourth-order valence-electron chi connectivity index (χ4n) is 1.58. The summed E-state index contributed by atoms with van der Waals surface area (Å²) in [6, 6.07) is 5.86. The highest BCUT2D eigenvalue weighted by Gasteiger charge is 2.10. The van der Waals surface area contributed by atoms with Crippen LogP contribution >= 0.6 is 12.2 Å². The SMILES string of the molecule is CCOCCC(=O)NNC(=S)NC(=O)c1ccc(C(=O)OC)cc1. The van der Waals surface area contributed by atoms with Crippen LogP contribution in [0.2, 0.25) is 0 Å². The molecule has 130 valence electrons. The van der Waals surface area contributed by atoms with E-state index in [-0.39, 0.29) is 17.4 Å². The molecule has 24 heavy (non-hydrogen) atoms. The maximum atomic E-state index is 12.0. The average molecular weight is 353 g/mol. The molecule has 0 fully saturated rings. The zero-order valence-corrected chi connectivity index (χ0v) is 14.2. The Kier molecular flexibility index (Phi) is 8.37. The molecule has 1 aromatic rings. The molecule has 0 atom stereocenters. The Morgan fingerprint density at radius 1 is 1.08 bits per heavy atom. The number of hydrazine groups is 1. The van der Waals surface area contributed by atoms with E-state index >= 15 is 0 Å². The number of carbonyl (C=O) groups is 3. The summed E-state index contributed by atoms with van der Waals surface area (Å²) >= 11 is 4.91. The molecule has 0 aliphatic heterocycles. The molecule has 0 saturated heterocycles. The highest BCUT2D eigenvalue weighted by Crippen LogP contribution is 2.05. The van der Waals surface area contributed by atoms with Gasteiger partial charge in [0.15, 0.2) is 5.11 Å². The Labute approximate surface area is 144 Å². The van der Waals surface area contributed by atoms with Gasteiger partial charge in [-0.3, -0.25) is 25.8 Å². The Morgan fingerprint density at radius 2 is 1.71 bits per heavy atom. The number of nitrogens with one attached hydrogen (secondary N) is 3. The third-order valence-electron chi connectivity index (χ3n) is 2.79. The summed E-state index contributed by atoms with van der Waals surface area (Å²) in [7, 11) is 1.27. The molecular weight excluding hydrogens is 334 g/mol. The van der Waals surface area contributed by atoms with Crippen molar-refractivity contribution in [1.29, 1.82) is 0 Å². The summed E-state index contributed by atoms with van der Waals surface area (Å²) in [5.41, 5.74) is 5.39. The molecule has 3 N–H and O–H groups in total. The maximum absolute atomic E-state index is 12.0. The summed E-state index contributed by atoms with van der Waals surface area (Å²) in [4.78, 5) is 34.7. The van der Waals surface area contributed by atoms with Crippen molar-refractivity contribution in [2.24, 2.45) is 0 Å². The number of thiocarbonyl (C=S) groups is 1. The molecule has 0 unspecified atom stereocenters. The number of benzene rings is 1. The highest BCUT2D eigenvalue weighted by atomic mass is 32.1. The average Bonchev–Trinajstić information content (AvgIpc) is 2.59. The number of amides is 2. The fourth-order valence-corrected chi connectivity index (χ4v) is 1.72. The van der Waals surface area contributed by atoms with E-state index in [0.717, 1.165) is 0 Å². The lowest BCUT2D eigenvalue weighted by Gasteiger charge is -2.11. The molecular formula is C15H19N3O5S. The van der Waals surface area contributed by atoms with Gasteiger partial charge in [-0.2, -0.15) is 0 Å². The van der Waals surface area contributed by atoms with E-state index < -0.39 is 11.9 Å². The van der Waals surface area contributed by atoms with Gasteiger partial charge in [0.2, 0.25) is 5.91 Å². The normalized spacial score (nSPS) is 9.75. The lowest BCUT2D eigenvalue weighted by atomic mass is 10.1. The van der Waals surface area contributed by atoms with Crippen molar-refractivity contribution in [3.8, 4) is 0 Å². The first-order valence-electron chi connectivity index (χ1n) is 7.14. The van der Waals surface area contributed by atoms with Crippen molar-refractivity contribution in [2.75, 3.05) is 20.3 Å². The molecule has 0 aliphatic rings. The van der Waals surface area contributed by atoms with Gasteiger partial charge in [0.25, 0.3) is 5.91 Å². The Balaban J connectivity index is 2.42. The van der Waals surface area contributed by atoms with Crippen LogP contribution < -0.4 is 16.2 Å². The van der Waals surface area contributed by atoms with Crippen molar-refractivity contribution in [1.82, 2.24) is 16.2 Å². The van der Waals surface area contributed by atoms with Gasteiger partial charge in [-0.05, 0) is 43.4 Å². The number of esters is 1. The van der Waals surface area contributed by atoms with Crippen LogP contribution in [0.1, 0.15) is 34.1 Å². The first-order chi connectivity index (χ1) is 11.5. The van der Waals surface area contributed by atoms with Gasteiger partial charge in [0, 0.05) is 12.2 Å². The molecule has 0 heterocycles. The van der Waals surface area contributed by atoms with E-state index in [2.05, 4.69) is 20.9 Å². The van der Waals surface area contributed by atoms with Gasteiger partial charge in [0.1, 0.15) is 0 Å². The standard InChI is InChI=1S/C15H19N3O5S/c1-3-23-9-8-12(19)17-18-15(24)16-13(20)10-4-6-11(7-5-10)14(21)22-2/h4-7H,3,8-9H2,1-2H3,(H,17,19)(H2,16,18,20,24). The predicted octanol–water partition coefficient (Wildman–Crippen LogP) is 0.535. The summed E-state index contributed by atoms with van der Waals surface area (Å²) in [5, 5.41) is 2.35. The number of carbonyl (C=O) groups excluding carboxylic acids is 3. The van der Waals surface area contributed by atoms with Crippen LogP contribution in [0.25, 0.3) is 0 Å². The van der Waals surface area contributed by atoms with Gasteiger partial charge < -0.3 is 9.47 Å². The summed E-state index contributed by atoms with van der Waals surface area (Å²) in [6.45, 7) is 2.66. The monoisotopic (exact) mass is 353 g/mol. The molecule has 8 nitrogen and oxygen atoms in total. The molecule has 0 radical (unpaired) electrons. The number of hydrogen-bond donors (Lipinski definition) is 3. The number of ether oxygens (including phenoxy) is 2. The van der Waals surface area contributed by atoms with Crippen molar-refractivity contribution >= 4 is 35.1 Å². The van der Waals surface area contributed by atoms with E-state index in [9.17, 15) is 14.4 Å². The van der Waals surface area contributed by atoms with Gasteiger partial charge in [0.05, 0.1) is 25.7 Å². The van der Waals surface area contributed by atoms with E-state index in [4.69, 9.17) is 17.0 Å². The number of hydrogen-bond acceptors (Lipinski definition) is 6. The largest absolute Gasteiger partial charge is 0.465 e. The molecule has 1 aromatic carbocycles. The predicted molar refractivity (Wildman–Crippen MR) is 90.2 cm³/mol. The zero-order valence-electron chi connectivity index (χ0n) is 13.4.